The van der Waals surface area contributed by atoms with Crippen LogP contribution in [0.1, 0.15) is 44.1 Å². The Kier molecular flexibility index (Phi) is 3.83. The van der Waals surface area contributed by atoms with Gasteiger partial charge in [0.2, 0.25) is 0 Å². The second kappa shape index (κ2) is 5.35. The zero-order valence-corrected chi connectivity index (χ0v) is 9.86. The zero-order chi connectivity index (χ0) is 11.4. The van der Waals surface area contributed by atoms with E-state index < -0.39 is 0 Å². The van der Waals surface area contributed by atoms with Gasteiger partial charge in [-0.15, -0.1) is 0 Å². The first-order valence-electron chi connectivity index (χ1n) is 6.20. The zero-order valence-electron chi connectivity index (χ0n) is 9.86. The van der Waals surface area contributed by atoms with E-state index >= 15 is 0 Å². The van der Waals surface area contributed by atoms with Crippen molar-refractivity contribution in [1.29, 1.82) is 0 Å². The summed E-state index contributed by atoms with van der Waals surface area (Å²) >= 11 is 0. The molecule has 0 radical (unpaired) electrons. The maximum absolute atomic E-state index is 9.47. The Morgan fingerprint density at radius 2 is 1.75 bits per heavy atom. The molecule has 1 aliphatic rings. The fraction of sp³-hybridized carbons (Fsp3) is 0.571. The van der Waals surface area contributed by atoms with Gasteiger partial charge in [-0.05, 0) is 56.2 Å². The Balaban J connectivity index is 1.98. The number of hydrogen-bond acceptors (Lipinski definition) is 2. The molecule has 1 fully saturated rings. The van der Waals surface area contributed by atoms with E-state index in [9.17, 15) is 5.11 Å². The van der Waals surface area contributed by atoms with Crippen LogP contribution in [-0.2, 0) is 0 Å². The number of ether oxygens (including phenoxy) is 1. The van der Waals surface area contributed by atoms with Crippen molar-refractivity contribution in [1.82, 2.24) is 0 Å². The normalized spacial score (nSPS) is 25.4. The van der Waals surface area contributed by atoms with Gasteiger partial charge in [-0.2, -0.15) is 0 Å². The van der Waals surface area contributed by atoms with E-state index in [1.54, 1.807) is 0 Å². The molecule has 88 valence electrons. The second-order valence-corrected chi connectivity index (χ2v) is 4.51. The summed E-state index contributed by atoms with van der Waals surface area (Å²) in [5.74, 6) is 1.57. The summed E-state index contributed by atoms with van der Waals surface area (Å²) in [6.45, 7) is 2.71. The molecule has 2 rings (SSSR count). The topological polar surface area (TPSA) is 29.5 Å². The summed E-state index contributed by atoms with van der Waals surface area (Å²) in [7, 11) is 0. The van der Waals surface area contributed by atoms with Crippen molar-refractivity contribution in [3.8, 4) is 5.75 Å². The summed E-state index contributed by atoms with van der Waals surface area (Å²) in [5.41, 5.74) is 1.38. The van der Waals surface area contributed by atoms with Crippen LogP contribution in [0.25, 0.3) is 0 Å². The summed E-state index contributed by atoms with van der Waals surface area (Å²) in [5, 5.41) is 9.47. The number of benzene rings is 1. The minimum atomic E-state index is -0.0704. The molecule has 0 heterocycles. The van der Waals surface area contributed by atoms with Crippen LogP contribution < -0.4 is 4.74 Å². The highest BCUT2D eigenvalue weighted by atomic mass is 16.5. The van der Waals surface area contributed by atoms with Crippen LogP contribution in [0.5, 0.6) is 5.75 Å². The molecule has 16 heavy (non-hydrogen) atoms. The van der Waals surface area contributed by atoms with Gasteiger partial charge in [0.1, 0.15) is 5.75 Å². The first-order valence-corrected chi connectivity index (χ1v) is 6.20. The van der Waals surface area contributed by atoms with Gasteiger partial charge in [0, 0.05) is 0 Å². The highest BCUT2D eigenvalue weighted by Gasteiger charge is 2.20. The molecular formula is C14H20O2. The molecule has 0 amide bonds. The lowest BCUT2D eigenvalue weighted by molar-refractivity contribution is 0.122. The van der Waals surface area contributed by atoms with Crippen molar-refractivity contribution in [2.24, 2.45) is 0 Å². The lowest BCUT2D eigenvalue weighted by atomic mass is 9.83. The van der Waals surface area contributed by atoms with E-state index in [4.69, 9.17) is 4.74 Å². The predicted molar refractivity (Wildman–Crippen MR) is 64.8 cm³/mol. The van der Waals surface area contributed by atoms with Gasteiger partial charge in [0.15, 0.2) is 0 Å². The molecule has 0 aliphatic heterocycles. The highest BCUT2D eigenvalue weighted by Crippen LogP contribution is 2.33. The second-order valence-electron chi connectivity index (χ2n) is 4.51. The van der Waals surface area contributed by atoms with Gasteiger partial charge >= 0.3 is 0 Å². The highest BCUT2D eigenvalue weighted by molar-refractivity contribution is 5.29. The third-order valence-corrected chi connectivity index (χ3v) is 3.36. The standard InChI is InChI=1S/C14H20O2/c1-2-16-14-9-5-12(6-10-14)11-3-7-13(15)8-4-11/h5-6,9-11,13,15H,2-4,7-8H2,1H3. The van der Waals surface area contributed by atoms with E-state index in [-0.39, 0.29) is 6.10 Å². The molecule has 0 bridgehead atoms. The summed E-state index contributed by atoms with van der Waals surface area (Å²) in [4.78, 5) is 0. The minimum absolute atomic E-state index is 0.0704. The summed E-state index contributed by atoms with van der Waals surface area (Å²) < 4.78 is 5.43. The van der Waals surface area contributed by atoms with Crippen LogP contribution in [0.2, 0.25) is 0 Å². The molecule has 0 unspecified atom stereocenters. The van der Waals surface area contributed by atoms with Gasteiger partial charge < -0.3 is 9.84 Å². The van der Waals surface area contributed by atoms with Crippen LogP contribution in [0.4, 0.5) is 0 Å². The Bertz CT molecular complexity index is 310. The largest absolute Gasteiger partial charge is 0.494 e. The maximum Gasteiger partial charge on any atom is 0.119 e. The molecule has 1 aliphatic carbocycles. The molecular weight excluding hydrogens is 200 g/mol. The Labute approximate surface area is 97.3 Å². The van der Waals surface area contributed by atoms with Crippen molar-refractivity contribution in [3.05, 3.63) is 29.8 Å². The van der Waals surface area contributed by atoms with Gasteiger partial charge in [0.25, 0.3) is 0 Å². The quantitative estimate of drug-likeness (QED) is 0.848. The summed E-state index contributed by atoms with van der Waals surface area (Å²) in [6.07, 6.45) is 4.03. The van der Waals surface area contributed by atoms with Gasteiger partial charge in [-0.25, -0.2) is 0 Å². The van der Waals surface area contributed by atoms with Gasteiger partial charge in [0.05, 0.1) is 12.7 Å². The van der Waals surface area contributed by atoms with Gasteiger partial charge in [-0.3, -0.25) is 0 Å². The Hall–Kier alpha value is -1.02. The van der Waals surface area contributed by atoms with Crippen LogP contribution in [0.15, 0.2) is 24.3 Å². The average molecular weight is 220 g/mol. The molecule has 2 heteroatoms. The third-order valence-electron chi connectivity index (χ3n) is 3.36. The number of aliphatic hydroxyl groups excluding tert-OH is 1. The smallest absolute Gasteiger partial charge is 0.119 e. The fourth-order valence-corrected chi connectivity index (χ4v) is 2.41. The average Bonchev–Trinajstić information content (AvgIpc) is 2.32. The lowest BCUT2D eigenvalue weighted by Crippen LogP contribution is -2.16. The maximum atomic E-state index is 9.47. The first kappa shape index (κ1) is 11.5. The van der Waals surface area contributed by atoms with Crippen LogP contribution in [-0.4, -0.2) is 17.8 Å². The van der Waals surface area contributed by atoms with E-state index in [2.05, 4.69) is 12.1 Å². The SMILES string of the molecule is CCOc1ccc(C2CCC(O)CC2)cc1. The Morgan fingerprint density at radius 3 is 2.31 bits per heavy atom. The fourth-order valence-electron chi connectivity index (χ4n) is 2.41. The molecule has 1 saturated carbocycles. The number of rotatable bonds is 3. The monoisotopic (exact) mass is 220 g/mol. The molecule has 1 N–H and O–H groups in total. The van der Waals surface area contributed by atoms with Crippen molar-refractivity contribution in [2.45, 2.75) is 44.6 Å². The van der Waals surface area contributed by atoms with Crippen LogP contribution in [0, 0.1) is 0 Å². The predicted octanol–water partition coefficient (Wildman–Crippen LogP) is 3.10. The van der Waals surface area contributed by atoms with Crippen molar-refractivity contribution in [2.75, 3.05) is 6.61 Å². The van der Waals surface area contributed by atoms with E-state index in [1.807, 2.05) is 19.1 Å². The van der Waals surface area contributed by atoms with Crippen molar-refractivity contribution in [3.63, 3.8) is 0 Å². The summed E-state index contributed by atoms with van der Waals surface area (Å²) in [6, 6.07) is 8.41. The molecule has 0 saturated heterocycles. The van der Waals surface area contributed by atoms with Gasteiger partial charge in [-0.1, -0.05) is 12.1 Å². The molecule has 1 aromatic carbocycles. The van der Waals surface area contributed by atoms with Crippen molar-refractivity contribution < 1.29 is 9.84 Å². The number of hydrogen-bond donors (Lipinski definition) is 1. The lowest BCUT2D eigenvalue weighted by Gasteiger charge is -2.25. The van der Waals surface area contributed by atoms with E-state index in [1.165, 1.54) is 5.56 Å². The van der Waals surface area contributed by atoms with E-state index in [0.717, 1.165) is 38.0 Å². The number of aliphatic hydroxyl groups is 1. The van der Waals surface area contributed by atoms with E-state index in [0.29, 0.717) is 5.92 Å². The molecule has 0 atom stereocenters. The first-order chi connectivity index (χ1) is 7.79. The van der Waals surface area contributed by atoms with Crippen molar-refractivity contribution >= 4 is 0 Å². The minimum Gasteiger partial charge on any atom is -0.494 e. The molecule has 0 aromatic heterocycles. The Morgan fingerprint density at radius 1 is 1.12 bits per heavy atom. The van der Waals surface area contributed by atoms with Crippen LogP contribution >= 0.6 is 0 Å². The molecule has 2 nitrogen and oxygen atoms in total. The molecule has 0 spiro atoms. The molecule has 1 aromatic rings. The van der Waals surface area contributed by atoms with Crippen LogP contribution in [0.3, 0.4) is 0 Å². The third kappa shape index (κ3) is 2.76.